The number of amides is 1. The SMILES string of the molecule is Cc1cc2sc(=NC(=O)C3CCCCN3S(=O)(=O)c3ccc(Cl)s3)n(C)c2cc1C. The zero-order valence-electron chi connectivity index (χ0n) is 16.9. The maximum Gasteiger partial charge on any atom is 0.266 e. The third kappa shape index (κ3) is 3.89. The molecule has 3 heterocycles. The number of aromatic nitrogens is 1. The average molecular weight is 484 g/mol. The van der Waals surface area contributed by atoms with Crippen LogP contribution in [0.1, 0.15) is 30.4 Å². The van der Waals surface area contributed by atoms with Gasteiger partial charge >= 0.3 is 0 Å². The number of piperidine rings is 1. The lowest BCUT2D eigenvalue weighted by atomic mass is 10.0. The van der Waals surface area contributed by atoms with E-state index in [0.717, 1.165) is 34.4 Å². The highest BCUT2D eigenvalue weighted by Crippen LogP contribution is 2.32. The Morgan fingerprint density at radius 2 is 1.90 bits per heavy atom. The van der Waals surface area contributed by atoms with Crippen molar-refractivity contribution in [3.63, 3.8) is 0 Å². The number of sulfonamides is 1. The summed E-state index contributed by atoms with van der Waals surface area (Å²) in [5, 5.41) is 0. The Morgan fingerprint density at radius 1 is 1.17 bits per heavy atom. The van der Waals surface area contributed by atoms with Crippen LogP contribution in [0.25, 0.3) is 10.2 Å². The topological polar surface area (TPSA) is 71.7 Å². The molecule has 1 aromatic carbocycles. The lowest BCUT2D eigenvalue weighted by Crippen LogP contribution is -2.47. The van der Waals surface area contributed by atoms with Crippen molar-refractivity contribution in [1.82, 2.24) is 8.87 Å². The molecule has 0 spiro atoms. The van der Waals surface area contributed by atoms with Gasteiger partial charge in [-0.25, -0.2) is 8.42 Å². The summed E-state index contributed by atoms with van der Waals surface area (Å²) in [6.07, 6.45) is 1.98. The number of nitrogens with zero attached hydrogens (tertiary/aromatic N) is 3. The molecule has 10 heteroatoms. The summed E-state index contributed by atoms with van der Waals surface area (Å²) in [6.45, 7) is 4.41. The fraction of sp³-hybridized carbons (Fsp3) is 0.400. The summed E-state index contributed by atoms with van der Waals surface area (Å²) in [4.78, 5) is 18.0. The van der Waals surface area contributed by atoms with Crippen LogP contribution in [0.15, 0.2) is 33.5 Å². The Labute approximate surface area is 188 Å². The molecule has 0 radical (unpaired) electrons. The van der Waals surface area contributed by atoms with Gasteiger partial charge in [0.15, 0.2) is 4.80 Å². The number of fused-ring (bicyclic) bond motifs is 1. The molecule has 0 saturated carbocycles. The molecule has 0 aliphatic carbocycles. The number of carbonyl (C=O) groups is 1. The first-order valence-electron chi connectivity index (χ1n) is 9.61. The van der Waals surface area contributed by atoms with Crippen LogP contribution in [0, 0.1) is 13.8 Å². The van der Waals surface area contributed by atoms with E-state index in [1.54, 1.807) is 6.07 Å². The highest BCUT2D eigenvalue weighted by Gasteiger charge is 2.38. The van der Waals surface area contributed by atoms with Gasteiger partial charge in [0.2, 0.25) is 0 Å². The third-order valence-corrected chi connectivity index (χ3v) is 10.2. The molecule has 160 valence electrons. The van der Waals surface area contributed by atoms with Crippen LogP contribution in [0.2, 0.25) is 4.34 Å². The zero-order chi connectivity index (χ0) is 21.6. The molecule has 0 N–H and O–H groups in total. The van der Waals surface area contributed by atoms with Crippen molar-refractivity contribution in [2.75, 3.05) is 6.54 Å². The second-order valence-corrected chi connectivity index (χ2v) is 12.3. The second kappa shape index (κ2) is 8.20. The minimum atomic E-state index is -3.79. The molecule has 1 fully saturated rings. The van der Waals surface area contributed by atoms with Gasteiger partial charge in [-0.2, -0.15) is 9.30 Å². The van der Waals surface area contributed by atoms with Gasteiger partial charge < -0.3 is 4.57 Å². The summed E-state index contributed by atoms with van der Waals surface area (Å²) >= 11 is 8.38. The van der Waals surface area contributed by atoms with Gasteiger partial charge in [0, 0.05) is 13.6 Å². The first-order valence-corrected chi connectivity index (χ1v) is 13.1. The minimum absolute atomic E-state index is 0.158. The van der Waals surface area contributed by atoms with Gasteiger partial charge in [-0.05, 0) is 62.1 Å². The molecule has 3 aromatic rings. The summed E-state index contributed by atoms with van der Waals surface area (Å²) in [5.74, 6) is -0.420. The smallest absolute Gasteiger partial charge is 0.266 e. The quantitative estimate of drug-likeness (QED) is 0.559. The van der Waals surface area contributed by atoms with E-state index < -0.39 is 22.0 Å². The highest BCUT2D eigenvalue weighted by molar-refractivity contribution is 7.91. The molecule has 2 aromatic heterocycles. The van der Waals surface area contributed by atoms with Crippen LogP contribution >= 0.6 is 34.3 Å². The third-order valence-electron chi connectivity index (χ3n) is 5.48. The number of carbonyl (C=O) groups excluding carboxylic acids is 1. The molecule has 4 rings (SSSR count). The first kappa shape index (κ1) is 21.7. The van der Waals surface area contributed by atoms with Crippen molar-refractivity contribution in [3.05, 3.63) is 44.5 Å². The fourth-order valence-electron chi connectivity index (χ4n) is 3.65. The van der Waals surface area contributed by atoms with Gasteiger partial charge in [-0.15, -0.1) is 11.3 Å². The van der Waals surface area contributed by atoms with Gasteiger partial charge in [-0.3, -0.25) is 4.79 Å². The molecule has 1 unspecified atom stereocenters. The van der Waals surface area contributed by atoms with E-state index in [0.29, 0.717) is 22.1 Å². The van der Waals surface area contributed by atoms with Crippen molar-refractivity contribution in [1.29, 1.82) is 0 Å². The Balaban J connectivity index is 1.73. The fourth-order valence-corrected chi connectivity index (χ4v) is 8.01. The van der Waals surface area contributed by atoms with Crippen LogP contribution in [-0.4, -0.2) is 35.8 Å². The maximum absolute atomic E-state index is 13.1. The number of thiophene rings is 1. The molecule has 1 saturated heterocycles. The van der Waals surface area contributed by atoms with Crippen molar-refractivity contribution in [2.24, 2.45) is 12.0 Å². The first-order chi connectivity index (χ1) is 14.2. The minimum Gasteiger partial charge on any atom is -0.319 e. The van der Waals surface area contributed by atoms with E-state index in [-0.39, 0.29) is 4.21 Å². The summed E-state index contributed by atoms with van der Waals surface area (Å²) in [7, 11) is -1.91. The van der Waals surface area contributed by atoms with Crippen LogP contribution in [0.4, 0.5) is 0 Å². The van der Waals surface area contributed by atoms with Crippen LogP contribution in [0.5, 0.6) is 0 Å². The standard InChI is InChI=1S/C20H22ClN3O3S3/c1-12-10-15-16(11-13(12)2)28-20(23(15)3)22-19(25)14-6-4-5-9-24(14)30(26,27)18-8-7-17(21)29-18/h7-8,10-11,14H,4-6,9H2,1-3H3. The molecular formula is C20H22ClN3O3S3. The number of hydrogen-bond donors (Lipinski definition) is 0. The largest absolute Gasteiger partial charge is 0.319 e. The number of halogens is 1. The molecule has 1 amide bonds. The monoisotopic (exact) mass is 483 g/mol. The van der Waals surface area contributed by atoms with Crippen LogP contribution < -0.4 is 4.80 Å². The van der Waals surface area contributed by atoms with Crippen molar-refractivity contribution in [2.45, 2.75) is 43.4 Å². The predicted octanol–water partition coefficient (Wildman–Crippen LogP) is 4.24. The molecule has 1 aliphatic rings. The Kier molecular flexibility index (Phi) is 5.93. The number of rotatable bonds is 3. The van der Waals surface area contributed by atoms with Crippen molar-refractivity contribution >= 4 is 60.4 Å². The normalized spacial score (nSPS) is 18.9. The molecule has 6 nitrogen and oxygen atoms in total. The number of thiazole rings is 1. The molecule has 1 aliphatic heterocycles. The Hall–Kier alpha value is -1.52. The Morgan fingerprint density at radius 3 is 2.60 bits per heavy atom. The lowest BCUT2D eigenvalue weighted by molar-refractivity contribution is -0.122. The molecular weight excluding hydrogens is 462 g/mol. The number of benzene rings is 1. The van der Waals surface area contributed by atoms with E-state index in [4.69, 9.17) is 11.6 Å². The van der Waals surface area contributed by atoms with Crippen molar-refractivity contribution < 1.29 is 13.2 Å². The zero-order valence-corrected chi connectivity index (χ0v) is 20.1. The van der Waals surface area contributed by atoms with Gasteiger partial charge in [0.1, 0.15) is 10.3 Å². The van der Waals surface area contributed by atoms with Crippen LogP contribution in [-0.2, 0) is 21.9 Å². The Bertz CT molecular complexity index is 1300. The molecule has 1 atom stereocenters. The van der Waals surface area contributed by atoms with Crippen molar-refractivity contribution in [3.8, 4) is 0 Å². The molecule has 0 bridgehead atoms. The lowest BCUT2D eigenvalue weighted by Gasteiger charge is -2.31. The second-order valence-electron chi connectivity index (χ2n) is 7.48. The summed E-state index contributed by atoms with van der Waals surface area (Å²) < 4.78 is 31.1. The van der Waals surface area contributed by atoms with Gasteiger partial charge in [0.05, 0.1) is 14.6 Å². The van der Waals surface area contributed by atoms with Gasteiger partial charge in [0.25, 0.3) is 15.9 Å². The summed E-state index contributed by atoms with van der Waals surface area (Å²) in [6, 6.07) is 6.44. The van der Waals surface area contributed by atoms with E-state index in [1.165, 1.54) is 32.8 Å². The summed E-state index contributed by atoms with van der Waals surface area (Å²) in [5.41, 5.74) is 3.37. The van der Waals surface area contributed by atoms with E-state index in [1.807, 2.05) is 11.6 Å². The predicted molar refractivity (Wildman–Crippen MR) is 122 cm³/mol. The molecule has 30 heavy (non-hydrogen) atoms. The highest BCUT2D eigenvalue weighted by atomic mass is 35.5. The number of hydrogen-bond acceptors (Lipinski definition) is 5. The van der Waals surface area contributed by atoms with E-state index >= 15 is 0 Å². The maximum atomic E-state index is 13.1. The average Bonchev–Trinajstić information content (AvgIpc) is 3.27. The number of aryl methyl sites for hydroxylation is 3. The van der Waals surface area contributed by atoms with Gasteiger partial charge in [-0.1, -0.05) is 29.4 Å². The van der Waals surface area contributed by atoms with E-state index in [2.05, 4.69) is 31.0 Å². The van der Waals surface area contributed by atoms with E-state index in [9.17, 15) is 13.2 Å². The van der Waals surface area contributed by atoms with Crippen LogP contribution in [0.3, 0.4) is 0 Å².